The molecule has 4 N–H and O–H groups in total. The largest absolute Gasteiger partial charge is 0.326 e. The van der Waals surface area contributed by atoms with Crippen molar-refractivity contribution in [3.8, 4) is 0 Å². The Morgan fingerprint density at radius 1 is 0.714 bits per heavy atom. The van der Waals surface area contributed by atoms with Gasteiger partial charge in [0.2, 0.25) is 0 Å². The highest BCUT2D eigenvalue weighted by molar-refractivity contribution is 4.90. The second-order valence-corrected chi connectivity index (χ2v) is 9.71. The molecule has 166 valence electrons. The van der Waals surface area contributed by atoms with Crippen LogP contribution in [0.3, 0.4) is 0 Å². The first-order valence-electron chi connectivity index (χ1n) is 13.1. The van der Waals surface area contributed by atoms with E-state index in [4.69, 9.17) is 5.73 Å². The molecule has 0 bridgehead atoms. The second-order valence-electron chi connectivity index (χ2n) is 9.71. The Bertz CT molecular complexity index is 350. The van der Waals surface area contributed by atoms with E-state index in [9.17, 15) is 0 Å². The van der Waals surface area contributed by atoms with Gasteiger partial charge in [0.1, 0.15) is 0 Å². The molecule has 2 heterocycles. The fraction of sp³-hybridized carbons (Fsp3) is 1.00. The highest BCUT2D eigenvalue weighted by atomic mass is 15.1. The number of hydrogen-bond donors (Lipinski definition) is 3. The average Bonchev–Trinajstić information content (AvgIpc) is 2.81. The molecule has 4 unspecified atom stereocenters. The van der Waals surface area contributed by atoms with Crippen LogP contribution in [0.25, 0.3) is 0 Å². The van der Waals surface area contributed by atoms with Crippen molar-refractivity contribution >= 4 is 0 Å². The van der Waals surface area contributed by atoms with Gasteiger partial charge >= 0.3 is 0 Å². The summed E-state index contributed by atoms with van der Waals surface area (Å²) in [5, 5.41) is 7.99. The van der Waals surface area contributed by atoms with Gasteiger partial charge in [0.25, 0.3) is 0 Å². The molecule has 3 heteroatoms. The van der Waals surface area contributed by atoms with Crippen LogP contribution >= 0.6 is 0 Å². The first kappa shape index (κ1) is 24.2. The standard InChI is InChI=1S/C25H51N3/c1-2-3-4-5-6-8-12-17-22(26)23-18-14-11-15-20-25(28-23)24-19-13-9-7-10-16-21-27-24/h22-25,27-28H,2-21,26H2,1H3. The minimum atomic E-state index is 0.340. The summed E-state index contributed by atoms with van der Waals surface area (Å²) in [5.74, 6) is 0. The molecule has 3 nitrogen and oxygen atoms in total. The van der Waals surface area contributed by atoms with E-state index >= 15 is 0 Å². The maximum atomic E-state index is 6.72. The first-order chi connectivity index (χ1) is 13.8. The number of nitrogens with one attached hydrogen (secondary N) is 2. The van der Waals surface area contributed by atoms with E-state index in [0.717, 1.165) is 0 Å². The van der Waals surface area contributed by atoms with Gasteiger partial charge in [-0.3, -0.25) is 0 Å². The molecule has 0 aromatic carbocycles. The van der Waals surface area contributed by atoms with Crippen molar-refractivity contribution in [1.82, 2.24) is 10.6 Å². The zero-order valence-electron chi connectivity index (χ0n) is 19.0. The van der Waals surface area contributed by atoms with Gasteiger partial charge in [0, 0.05) is 24.2 Å². The van der Waals surface area contributed by atoms with Crippen molar-refractivity contribution in [1.29, 1.82) is 0 Å². The van der Waals surface area contributed by atoms with Crippen molar-refractivity contribution in [3.05, 3.63) is 0 Å². The fourth-order valence-electron chi connectivity index (χ4n) is 5.29. The Kier molecular flexibility index (Phi) is 13.5. The summed E-state index contributed by atoms with van der Waals surface area (Å²) in [6.07, 6.45) is 26.0. The van der Waals surface area contributed by atoms with E-state index < -0.39 is 0 Å². The van der Waals surface area contributed by atoms with Crippen LogP contribution < -0.4 is 16.4 Å². The smallest absolute Gasteiger partial charge is 0.0224 e. The molecule has 28 heavy (non-hydrogen) atoms. The van der Waals surface area contributed by atoms with E-state index in [1.165, 1.54) is 129 Å². The summed E-state index contributed by atoms with van der Waals surface area (Å²) in [4.78, 5) is 0. The lowest BCUT2D eigenvalue weighted by Gasteiger charge is -2.37. The summed E-state index contributed by atoms with van der Waals surface area (Å²) in [5.41, 5.74) is 6.72. The molecular weight excluding hydrogens is 342 g/mol. The van der Waals surface area contributed by atoms with Crippen LogP contribution in [0.15, 0.2) is 0 Å². The molecule has 0 saturated carbocycles. The SMILES string of the molecule is CCCCCCCCCC(N)C1CCCCCC(C2CCCCCCCN2)N1. The van der Waals surface area contributed by atoms with Crippen LogP contribution in [0, 0.1) is 0 Å². The van der Waals surface area contributed by atoms with Gasteiger partial charge in [-0.05, 0) is 38.6 Å². The second kappa shape index (κ2) is 15.7. The van der Waals surface area contributed by atoms with Crippen molar-refractivity contribution < 1.29 is 0 Å². The quantitative estimate of drug-likeness (QED) is 0.395. The molecule has 0 aliphatic carbocycles. The number of hydrogen-bond acceptors (Lipinski definition) is 3. The van der Waals surface area contributed by atoms with Crippen LogP contribution in [-0.4, -0.2) is 30.7 Å². The van der Waals surface area contributed by atoms with Crippen LogP contribution in [0.5, 0.6) is 0 Å². The molecular formula is C25H51N3. The summed E-state index contributed by atoms with van der Waals surface area (Å²) < 4.78 is 0. The molecule has 0 amide bonds. The fourth-order valence-corrected chi connectivity index (χ4v) is 5.29. The van der Waals surface area contributed by atoms with E-state index in [-0.39, 0.29) is 0 Å². The zero-order chi connectivity index (χ0) is 19.9. The van der Waals surface area contributed by atoms with Crippen molar-refractivity contribution in [2.24, 2.45) is 5.73 Å². The normalized spacial score (nSPS) is 29.1. The van der Waals surface area contributed by atoms with Crippen molar-refractivity contribution in [3.63, 3.8) is 0 Å². The Morgan fingerprint density at radius 2 is 1.32 bits per heavy atom. The average molecular weight is 394 g/mol. The molecule has 2 rings (SSSR count). The van der Waals surface area contributed by atoms with Crippen LogP contribution in [0.4, 0.5) is 0 Å². The van der Waals surface area contributed by atoms with E-state index in [2.05, 4.69) is 17.6 Å². The molecule has 2 saturated heterocycles. The summed E-state index contributed by atoms with van der Waals surface area (Å²) in [7, 11) is 0. The molecule has 0 radical (unpaired) electrons. The van der Waals surface area contributed by atoms with E-state index in [1.807, 2.05) is 0 Å². The molecule has 0 spiro atoms. The highest BCUT2D eigenvalue weighted by Crippen LogP contribution is 2.22. The Labute approximate surface area is 176 Å². The van der Waals surface area contributed by atoms with Gasteiger partial charge < -0.3 is 16.4 Å². The zero-order valence-corrected chi connectivity index (χ0v) is 19.0. The molecule has 0 aromatic rings. The van der Waals surface area contributed by atoms with Crippen LogP contribution in [0.2, 0.25) is 0 Å². The molecule has 2 fully saturated rings. The van der Waals surface area contributed by atoms with E-state index in [0.29, 0.717) is 24.2 Å². The molecule has 2 aliphatic rings. The maximum Gasteiger partial charge on any atom is 0.0224 e. The third-order valence-corrected chi connectivity index (χ3v) is 7.20. The Balaban J connectivity index is 1.76. The van der Waals surface area contributed by atoms with Crippen molar-refractivity contribution in [2.75, 3.05) is 6.54 Å². The summed E-state index contributed by atoms with van der Waals surface area (Å²) in [6, 6.07) is 2.15. The lowest BCUT2D eigenvalue weighted by molar-refractivity contribution is 0.249. The molecule has 0 aromatic heterocycles. The third kappa shape index (κ3) is 10.1. The minimum Gasteiger partial charge on any atom is -0.326 e. The highest BCUT2D eigenvalue weighted by Gasteiger charge is 2.27. The topological polar surface area (TPSA) is 50.1 Å². The summed E-state index contributed by atoms with van der Waals surface area (Å²) in [6.45, 7) is 3.50. The Morgan fingerprint density at radius 3 is 2.14 bits per heavy atom. The maximum absolute atomic E-state index is 6.72. The van der Waals surface area contributed by atoms with E-state index in [1.54, 1.807) is 0 Å². The Hall–Kier alpha value is -0.120. The third-order valence-electron chi connectivity index (χ3n) is 7.20. The lowest BCUT2D eigenvalue weighted by atomic mass is 9.89. The molecule has 2 aliphatic heterocycles. The first-order valence-corrected chi connectivity index (χ1v) is 13.1. The predicted octanol–water partition coefficient (Wildman–Crippen LogP) is 6.06. The minimum absolute atomic E-state index is 0.340. The van der Waals surface area contributed by atoms with Crippen molar-refractivity contribution in [2.45, 2.75) is 153 Å². The van der Waals surface area contributed by atoms with Gasteiger partial charge in [-0.25, -0.2) is 0 Å². The van der Waals surface area contributed by atoms with Gasteiger partial charge in [-0.1, -0.05) is 96.8 Å². The van der Waals surface area contributed by atoms with Crippen LogP contribution in [0.1, 0.15) is 129 Å². The van der Waals surface area contributed by atoms with Gasteiger partial charge in [-0.15, -0.1) is 0 Å². The monoisotopic (exact) mass is 393 g/mol. The van der Waals surface area contributed by atoms with Gasteiger partial charge in [0.05, 0.1) is 0 Å². The van der Waals surface area contributed by atoms with Gasteiger partial charge in [0.15, 0.2) is 0 Å². The number of nitrogens with two attached hydrogens (primary N) is 1. The molecule has 4 atom stereocenters. The lowest BCUT2D eigenvalue weighted by Crippen LogP contribution is -2.56. The number of unbranched alkanes of at least 4 members (excludes halogenated alkanes) is 6. The predicted molar refractivity (Wildman–Crippen MR) is 124 cm³/mol. The number of rotatable bonds is 10. The summed E-state index contributed by atoms with van der Waals surface area (Å²) >= 11 is 0. The van der Waals surface area contributed by atoms with Crippen LogP contribution in [-0.2, 0) is 0 Å². The van der Waals surface area contributed by atoms with Gasteiger partial charge in [-0.2, -0.15) is 0 Å².